The summed E-state index contributed by atoms with van der Waals surface area (Å²) < 4.78 is 5.08. The van der Waals surface area contributed by atoms with Gasteiger partial charge in [-0.3, -0.25) is 10.1 Å². The summed E-state index contributed by atoms with van der Waals surface area (Å²) in [4.78, 5) is 23.2. The van der Waals surface area contributed by atoms with Gasteiger partial charge in [0, 0.05) is 12.5 Å². The van der Waals surface area contributed by atoms with Crippen LogP contribution in [0.3, 0.4) is 0 Å². The van der Waals surface area contributed by atoms with Crippen molar-refractivity contribution in [3.8, 4) is 0 Å². The molecule has 0 aliphatic carbocycles. The fourth-order valence-corrected chi connectivity index (χ4v) is 2.47. The van der Waals surface area contributed by atoms with Crippen LogP contribution in [0.2, 0.25) is 0 Å². The van der Waals surface area contributed by atoms with Crippen LogP contribution >= 0.6 is 0 Å². The van der Waals surface area contributed by atoms with Crippen LogP contribution in [-0.4, -0.2) is 17.5 Å². The minimum absolute atomic E-state index is 0.109. The number of carbonyl (C=O) groups is 1. The largest absolute Gasteiger partial charge is 0.464 e. The lowest BCUT2D eigenvalue weighted by atomic mass is 9.83. The maximum Gasteiger partial charge on any atom is 0.331 e. The number of hydrogen-bond acceptors (Lipinski definition) is 5. The molecule has 0 bridgehead atoms. The van der Waals surface area contributed by atoms with Crippen LogP contribution in [0.1, 0.15) is 18.1 Å². The van der Waals surface area contributed by atoms with Crippen molar-refractivity contribution in [3.63, 3.8) is 0 Å². The third-order valence-corrected chi connectivity index (χ3v) is 3.55. The van der Waals surface area contributed by atoms with Crippen LogP contribution in [0, 0.1) is 10.1 Å². The quantitative estimate of drug-likeness (QED) is 0.502. The van der Waals surface area contributed by atoms with Gasteiger partial charge in [-0.2, -0.15) is 0 Å². The number of rotatable bonds is 6. The Kier molecular flexibility index (Phi) is 5.08. The molecule has 23 heavy (non-hydrogen) atoms. The maximum atomic E-state index is 12.5. The van der Waals surface area contributed by atoms with Gasteiger partial charge in [0.25, 0.3) is 5.69 Å². The highest BCUT2D eigenvalue weighted by molar-refractivity contribution is 5.84. The average molecular weight is 314 g/mol. The topological polar surface area (TPSA) is 95.5 Å². The van der Waals surface area contributed by atoms with E-state index in [-0.39, 0.29) is 24.3 Å². The van der Waals surface area contributed by atoms with Crippen molar-refractivity contribution in [1.82, 2.24) is 0 Å². The van der Waals surface area contributed by atoms with Crippen molar-refractivity contribution in [3.05, 3.63) is 75.8 Å². The lowest BCUT2D eigenvalue weighted by molar-refractivity contribution is -0.386. The van der Waals surface area contributed by atoms with E-state index in [0.29, 0.717) is 0 Å². The Labute approximate surface area is 134 Å². The second kappa shape index (κ2) is 7.02. The highest BCUT2D eigenvalue weighted by Gasteiger charge is 2.42. The number of para-hydroxylation sites is 1. The molecule has 2 aromatic rings. The molecule has 0 heterocycles. The number of hydrogen-bond donors (Lipinski definition) is 1. The van der Waals surface area contributed by atoms with E-state index in [0.717, 1.165) is 5.56 Å². The summed E-state index contributed by atoms with van der Waals surface area (Å²) in [5.41, 5.74) is 5.46. The number of nitrogens with two attached hydrogens (primary N) is 1. The summed E-state index contributed by atoms with van der Waals surface area (Å²) >= 11 is 0. The number of ether oxygens (including phenoxy) is 1. The first-order valence-corrected chi connectivity index (χ1v) is 7.23. The van der Waals surface area contributed by atoms with Crippen molar-refractivity contribution in [2.24, 2.45) is 5.73 Å². The molecule has 1 unspecified atom stereocenters. The third-order valence-electron chi connectivity index (χ3n) is 3.55. The summed E-state index contributed by atoms with van der Waals surface area (Å²) in [7, 11) is 0. The van der Waals surface area contributed by atoms with Crippen molar-refractivity contribution in [2.75, 3.05) is 6.61 Å². The predicted molar refractivity (Wildman–Crippen MR) is 85.7 cm³/mol. The van der Waals surface area contributed by atoms with Gasteiger partial charge in [-0.05, 0) is 18.6 Å². The van der Waals surface area contributed by atoms with Gasteiger partial charge in [0.05, 0.1) is 17.1 Å². The van der Waals surface area contributed by atoms with E-state index < -0.39 is 16.4 Å². The van der Waals surface area contributed by atoms with E-state index in [1.807, 2.05) is 30.3 Å². The number of nitro groups is 1. The summed E-state index contributed by atoms with van der Waals surface area (Å²) in [6, 6.07) is 15.1. The van der Waals surface area contributed by atoms with Gasteiger partial charge in [0.2, 0.25) is 0 Å². The van der Waals surface area contributed by atoms with Gasteiger partial charge in [0.1, 0.15) is 0 Å². The highest BCUT2D eigenvalue weighted by Crippen LogP contribution is 2.32. The molecule has 0 fully saturated rings. The van der Waals surface area contributed by atoms with Crippen LogP contribution in [0.4, 0.5) is 5.69 Å². The minimum atomic E-state index is -1.62. The molecule has 120 valence electrons. The molecule has 2 aromatic carbocycles. The van der Waals surface area contributed by atoms with Gasteiger partial charge in [-0.15, -0.1) is 0 Å². The second-order valence-corrected chi connectivity index (χ2v) is 5.13. The molecule has 0 aliphatic heterocycles. The lowest BCUT2D eigenvalue weighted by Crippen LogP contribution is -2.48. The molecule has 2 rings (SSSR count). The van der Waals surface area contributed by atoms with E-state index in [4.69, 9.17) is 10.5 Å². The van der Waals surface area contributed by atoms with E-state index in [1.165, 1.54) is 18.2 Å². The van der Waals surface area contributed by atoms with Gasteiger partial charge in [-0.1, -0.05) is 42.5 Å². The fourth-order valence-electron chi connectivity index (χ4n) is 2.47. The van der Waals surface area contributed by atoms with Crippen LogP contribution in [0.5, 0.6) is 0 Å². The van der Waals surface area contributed by atoms with E-state index in [9.17, 15) is 14.9 Å². The number of carbonyl (C=O) groups excluding carboxylic acids is 1. The third kappa shape index (κ3) is 3.54. The first-order chi connectivity index (χ1) is 11.0. The fraction of sp³-hybridized carbons (Fsp3) is 0.235. The monoisotopic (exact) mass is 314 g/mol. The molecular formula is C17H18N2O4. The molecule has 0 spiro atoms. The van der Waals surface area contributed by atoms with E-state index in [2.05, 4.69) is 0 Å². The normalized spacial score (nSPS) is 13.1. The predicted octanol–water partition coefficient (Wildman–Crippen LogP) is 2.55. The standard InChI is InChI=1S/C17H18N2O4/c1-2-23-16(20)17(18,12-13-8-4-3-5-9-13)14-10-6-7-11-15(14)19(21)22/h3-11H,2,12,18H2,1H3. The van der Waals surface area contributed by atoms with Crippen LogP contribution in [0.25, 0.3) is 0 Å². The zero-order chi connectivity index (χ0) is 16.9. The summed E-state index contributed by atoms with van der Waals surface area (Å²) in [5, 5.41) is 11.3. The lowest BCUT2D eigenvalue weighted by Gasteiger charge is -2.27. The molecule has 6 nitrogen and oxygen atoms in total. The van der Waals surface area contributed by atoms with Crippen molar-refractivity contribution in [2.45, 2.75) is 18.9 Å². The van der Waals surface area contributed by atoms with Gasteiger partial charge in [0.15, 0.2) is 5.54 Å². The van der Waals surface area contributed by atoms with E-state index in [1.54, 1.807) is 13.0 Å². The maximum absolute atomic E-state index is 12.5. The summed E-state index contributed by atoms with van der Waals surface area (Å²) in [5.74, 6) is -0.682. The van der Waals surface area contributed by atoms with Crippen LogP contribution in [-0.2, 0) is 21.5 Å². The SMILES string of the molecule is CCOC(=O)C(N)(Cc1ccccc1)c1ccccc1[N+](=O)[O-]. The molecule has 1 atom stereocenters. The Hall–Kier alpha value is -2.73. The van der Waals surface area contributed by atoms with Gasteiger partial charge < -0.3 is 10.5 Å². The molecule has 0 aliphatic rings. The number of nitro benzene ring substituents is 1. The first-order valence-electron chi connectivity index (χ1n) is 7.23. The van der Waals surface area contributed by atoms with Crippen LogP contribution < -0.4 is 5.73 Å². The Morgan fingerprint density at radius 2 is 1.78 bits per heavy atom. The molecule has 0 saturated heterocycles. The first kappa shape index (κ1) is 16.6. The Morgan fingerprint density at radius 1 is 1.17 bits per heavy atom. The highest BCUT2D eigenvalue weighted by atomic mass is 16.6. The molecule has 0 saturated carbocycles. The molecule has 0 radical (unpaired) electrons. The van der Waals surface area contributed by atoms with Crippen molar-refractivity contribution in [1.29, 1.82) is 0 Å². The molecular weight excluding hydrogens is 296 g/mol. The molecule has 2 N–H and O–H groups in total. The molecule has 6 heteroatoms. The number of benzene rings is 2. The van der Waals surface area contributed by atoms with Gasteiger partial charge >= 0.3 is 5.97 Å². The van der Waals surface area contributed by atoms with Crippen molar-refractivity contribution < 1.29 is 14.5 Å². The average Bonchev–Trinajstić information content (AvgIpc) is 2.56. The summed E-state index contributed by atoms with van der Waals surface area (Å²) in [6.45, 7) is 1.81. The molecule has 0 aromatic heterocycles. The van der Waals surface area contributed by atoms with E-state index >= 15 is 0 Å². The van der Waals surface area contributed by atoms with Crippen LogP contribution in [0.15, 0.2) is 54.6 Å². The summed E-state index contributed by atoms with van der Waals surface area (Å²) in [6.07, 6.45) is 0.109. The smallest absolute Gasteiger partial charge is 0.331 e. The zero-order valence-electron chi connectivity index (χ0n) is 12.8. The second-order valence-electron chi connectivity index (χ2n) is 5.13. The Balaban J connectivity index is 2.54. The van der Waals surface area contributed by atoms with Gasteiger partial charge in [-0.25, -0.2) is 4.79 Å². The zero-order valence-corrected chi connectivity index (χ0v) is 12.8. The Bertz CT molecular complexity index is 703. The Morgan fingerprint density at radius 3 is 2.39 bits per heavy atom. The van der Waals surface area contributed by atoms with Crippen molar-refractivity contribution >= 4 is 11.7 Å². The molecule has 0 amide bonds. The number of nitrogens with zero attached hydrogens (tertiary/aromatic N) is 1. The minimum Gasteiger partial charge on any atom is -0.464 e. The number of esters is 1.